The van der Waals surface area contributed by atoms with Gasteiger partial charge in [-0.2, -0.15) is 5.10 Å². The van der Waals surface area contributed by atoms with Gasteiger partial charge in [-0.1, -0.05) is 53.6 Å². The zero-order chi connectivity index (χ0) is 15.7. The van der Waals surface area contributed by atoms with E-state index in [1.807, 2.05) is 31.2 Å². The minimum atomic E-state index is 0.225. The average molecular weight is 292 g/mol. The number of aromatic nitrogens is 2. The molecule has 0 saturated heterocycles. The Bertz CT molecular complexity index is 801. The number of aromatic hydroxyl groups is 1. The van der Waals surface area contributed by atoms with E-state index >= 15 is 0 Å². The zero-order valence-corrected chi connectivity index (χ0v) is 13.2. The number of benzene rings is 2. The first-order valence-corrected chi connectivity index (χ1v) is 7.54. The van der Waals surface area contributed by atoms with Gasteiger partial charge in [0.05, 0.1) is 5.56 Å². The standard InChI is InChI=1S/C19H20N2O/c1-4-21-19(22)17(15-10-8-13(2)9-11-15)18(20-21)16-7-5-6-14(3)12-16/h5-12,22H,4H2,1-3H3. The van der Waals surface area contributed by atoms with Crippen LogP contribution in [-0.4, -0.2) is 14.9 Å². The Kier molecular flexibility index (Phi) is 3.72. The molecule has 0 radical (unpaired) electrons. The molecule has 22 heavy (non-hydrogen) atoms. The summed E-state index contributed by atoms with van der Waals surface area (Å²) in [4.78, 5) is 0. The van der Waals surface area contributed by atoms with Gasteiger partial charge in [0.15, 0.2) is 0 Å². The van der Waals surface area contributed by atoms with Gasteiger partial charge in [0.25, 0.3) is 0 Å². The van der Waals surface area contributed by atoms with Gasteiger partial charge in [0, 0.05) is 12.1 Å². The molecule has 0 spiro atoms. The molecule has 0 fully saturated rings. The Morgan fingerprint density at radius 1 is 0.955 bits per heavy atom. The second kappa shape index (κ2) is 5.68. The Morgan fingerprint density at radius 2 is 1.68 bits per heavy atom. The third-order valence-electron chi connectivity index (χ3n) is 3.86. The summed E-state index contributed by atoms with van der Waals surface area (Å²) in [6, 6.07) is 16.4. The predicted octanol–water partition coefficient (Wildman–Crippen LogP) is 4.56. The van der Waals surface area contributed by atoms with Crippen LogP contribution in [-0.2, 0) is 6.54 Å². The highest BCUT2D eigenvalue weighted by Crippen LogP contribution is 2.38. The van der Waals surface area contributed by atoms with Gasteiger partial charge in [-0.15, -0.1) is 0 Å². The van der Waals surface area contributed by atoms with Crippen molar-refractivity contribution in [2.45, 2.75) is 27.3 Å². The summed E-state index contributed by atoms with van der Waals surface area (Å²) in [5.74, 6) is 0.225. The molecule has 3 aromatic rings. The molecule has 1 N–H and O–H groups in total. The first-order chi connectivity index (χ1) is 10.6. The van der Waals surface area contributed by atoms with E-state index in [9.17, 15) is 5.11 Å². The summed E-state index contributed by atoms with van der Waals surface area (Å²) in [7, 11) is 0. The molecule has 2 aromatic carbocycles. The smallest absolute Gasteiger partial charge is 0.218 e. The molecule has 0 aliphatic rings. The van der Waals surface area contributed by atoms with Crippen LogP contribution in [0.4, 0.5) is 0 Å². The van der Waals surface area contributed by atoms with Crippen molar-refractivity contribution in [3.63, 3.8) is 0 Å². The van der Waals surface area contributed by atoms with Gasteiger partial charge in [-0.3, -0.25) is 0 Å². The van der Waals surface area contributed by atoms with Gasteiger partial charge in [-0.25, -0.2) is 4.68 Å². The highest BCUT2D eigenvalue weighted by atomic mass is 16.3. The van der Waals surface area contributed by atoms with E-state index in [1.54, 1.807) is 4.68 Å². The first-order valence-electron chi connectivity index (χ1n) is 7.54. The van der Waals surface area contributed by atoms with Crippen LogP contribution in [0.3, 0.4) is 0 Å². The topological polar surface area (TPSA) is 38.0 Å². The van der Waals surface area contributed by atoms with Crippen LogP contribution < -0.4 is 0 Å². The van der Waals surface area contributed by atoms with E-state index in [-0.39, 0.29) is 5.88 Å². The monoisotopic (exact) mass is 292 g/mol. The van der Waals surface area contributed by atoms with Crippen LogP contribution in [0, 0.1) is 13.8 Å². The van der Waals surface area contributed by atoms with Crippen LogP contribution in [0.5, 0.6) is 5.88 Å². The lowest BCUT2D eigenvalue weighted by Gasteiger charge is -2.05. The molecule has 0 atom stereocenters. The van der Waals surface area contributed by atoms with Crippen molar-refractivity contribution in [1.82, 2.24) is 9.78 Å². The zero-order valence-electron chi connectivity index (χ0n) is 13.2. The van der Waals surface area contributed by atoms with E-state index in [1.165, 1.54) is 11.1 Å². The summed E-state index contributed by atoms with van der Waals surface area (Å²) in [5, 5.41) is 15.2. The highest BCUT2D eigenvalue weighted by molar-refractivity contribution is 5.84. The Balaban J connectivity index is 2.24. The maximum Gasteiger partial charge on any atom is 0.218 e. The highest BCUT2D eigenvalue weighted by Gasteiger charge is 2.19. The van der Waals surface area contributed by atoms with Crippen molar-refractivity contribution in [2.75, 3.05) is 0 Å². The fourth-order valence-corrected chi connectivity index (χ4v) is 2.65. The van der Waals surface area contributed by atoms with Gasteiger partial charge in [0.1, 0.15) is 5.69 Å². The molecular formula is C19H20N2O. The van der Waals surface area contributed by atoms with Crippen molar-refractivity contribution >= 4 is 0 Å². The molecular weight excluding hydrogens is 272 g/mol. The summed E-state index contributed by atoms with van der Waals surface area (Å²) >= 11 is 0. The van der Waals surface area contributed by atoms with Crippen LogP contribution in [0.1, 0.15) is 18.1 Å². The summed E-state index contributed by atoms with van der Waals surface area (Å²) in [5.41, 5.74) is 6.01. The van der Waals surface area contributed by atoms with Gasteiger partial charge < -0.3 is 5.11 Å². The van der Waals surface area contributed by atoms with Crippen molar-refractivity contribution < 1.29 is 5.11 Å². The second-order valence-corrected chi connectivity index (χ2v) is 5.60. The molecule has 3 rings (SSSR count). The maximum absolute atomic E-state index is 10.6. The number of hydrogen-bond donors (Lipinski definition) is 1. The molecule has 3 heteroatoms. The first kappa shape index (κ1) is 14.4. The lowest BCUT2D eigenvalue weighted by molar-refractivity contribution is 0.407. The van der Waals surface area contributed by atoms with E-state index in [0.717, 1.165) is 22.4 Å². The number of hydrogen-bond acceptors (Lipinski definition) is 2. The van der Waals surface area contributed by atoms with Crippen LogP contribution >= 0.6 is 0 Å². The molecule has 0 aliphatic carbocycles. The molecule has 0 unspecified atom stereocenters. The van der Waals surface area contributed by atoms with Crippen LogP contribution in [0.25, 0.3) is 22.4 Å². The second-order valence-electron chi connectivity index (χ2n) is 5.60. The normalized spacial score (nSPS) is 10.9. The summed E-state index contributed by atoms with van der Waals surface area (Å²) in [6.45, 7) is 6.73. The minimum Gasteiger partial charge on any atom is -0.493 e. The summed E-state index contributed by atoms with van der Waals surface area (Å²) < 4.78 is 1.65. The third-order valence-corrected chi connectivity index (χ3v) is 3.86. The number of rotatable bonds is 3. The molecule has 1 heterocycles. The SMILES string of the molecule is CCn1nc(-c2cccc(C)c2)c(-c2ccc(C)cc2)c1O. The molecule has 0 aliphatic heterocycles. The molecule has 0 bridgehead atoms. The average Bonchev–Trinajstić information content (AvgIpc) is 2.85. The van der Waals surface area contributed by atoms with E-state index < -0.39 is 0 Å². The quantitative estimate of drug-likeness (QED) is 0.768. The summed E-state index contributed by atoms with van der Waals surface area (Å²) in [6.07, 6.45) is 0. The fraction of sp³-hybridized carbons (Fsp3) is 0.211. The molecule has 3 nitrogen and oxygen atoms in total. The van der Waals surface area contributed by atoms with E-state index in [0.29, 0.717) is 6.54 Å². The van der Waals surface area contributed by atoms with Crippen LogP contribution in [0.2, 0.25) is 0 Å². The third kappa shape index (κ3) is 2.50. The van der Waals surface area contributed by atoms with Crippen molar-refractivity contribution in [3.05, 3.63) is 59.7 Å². The Morgan fingerprint density at radius 3 is 2.32 bits per heavy atom. The minimum absolute atomic E-state index is 0.225. The van der Waals surface area contributed by atoms with Crippen LogP contribution in [0.15, 0.2) is 48.5 Å². The van der Waals surface area contributed by atoms with Gasteiger partial charge in [0.2, 0.25) is 5.88 Å². The van der Waals surface area contributed by atoms with Crippen molar-refractivity contribution in [2.24, 2.45) is 0 Å². The lowest BCUT2D eigenvalue weighted by Crippen LogP contribution is -1.95. The molecule has 0 saturated carbocycles. The maximum atomic E-state index is 10.6. The Labute approximate surface area is 130 Å². The largest absolute Gasteiger partial charge is 0.493 e. The number of aryl methyl sites for hydroxylation is 3. The lowest BCUT2D eigenvalue weighted by atomic mass is 9.99. The molecule has 0 amide bonds. The van der Waals surface area contributed by atoms with Gasteiger partial charge >= 0.3 is 0 Å². The predicted molar refractivity (Wildman–Crippen MR) is 89.9 cm³/mol. The molecule has 1 aromatic heterocycles. The fourth-order valence-electron chi connectivity index (χ4n) is 2.65. The van der Waals surface area contributed by atoms with E-state index in [2.05, 4.69) is 43.2 Å². The molecule has 112 valence electrons. The van der Waals surface area contributed by atoms with E-state index in [4.69, 9.17) is 0 Å². The van der Waals surface area contributed by atoms with Crippen molar-refractivity contribution in [3.8, 4) is 28.3 Å². The van der Waals surface area contributed by atoms with Crippen molar-refractivity contribution in [1.29, 1.82) is 0 Å². The Hall–Kier alpha value is -2.55. The van der Waals surface area contributed by atoms with Gasteiger partial charge in [-0.05, 0) is 32.4 Å². The number of nitrogens with zero attached hydrogens (tertiary/aromatic N) is 2.